The minimum Gasteiger partial charge on any atom is -0.497 e. The Morgan fingerprint density at radius 2 is 1.77 bits per heavy atom. The molecule has 0 bridgehead atoms. The SMILES string of the molecule is COc1cc(OC)c(OCC(=O)O)c(C(Nc2ccc(C(=N)NO)cc2)C(=O)O)c1. The smallest absolute Gasteiger partial charge is 0.341 e. The summed E-state index contributed by atoms with van der Waals surface area (Å²) < 4.78 is 15.7. The van der Waals surface area contributed by atoms with Crippen LogP contribution in [0.3, 0.4) is 0 Å². The van der Waals surface area contributed by atoms with Crippen molar-refractivity contribution in [3.63, 3.8) is 0 Å². The van der Waals surface area contributed by atoms with E-state index in [-0.39, 0.29) is 28.6 Å². The monoisotopic (exact) mass is 419 g/mol. The van der Waals surface area contributed by atoms with Crippen molar-refractivity contribution in [2.75, 3.05) is 26.1 Å². The number of rotatable bonds is 10. The van der Waals surface area contributed by atoms with Gasteiger partial charge in [-0.15, -0.1) is 0 Å². The Labute approximate surface area is 171 Å². The van der Waals surface area contributed by atoms with Crippen molar-refractivity contribution in [3.05, 3.63) is 47.5 Å². The molecule has 1 unspecified atom stereocenters. The second-order valence-corrected chi connectivity index (χ2v) is 5.91. The summed E-state index contributed by atoms with van der Waals surface area (Å²) in [7, 11) is 2.72. The maximum atomic E-state index is 12.0. The first kappa shape index (κ1) is 22.3. The van der Waals surface area contributed by atoms with Gasteiger partial charge in [-0.05, 0) is 30.3 Å². The van der Waals surface area contributed by atoms with Crippen molar-refractivity contribution in [2.45, 2.75) is 6.04 Å². The molecular weight excluding hydrogens is 398 g/mol. The van der Waals surface area contributed by atoms with Crippen molar-refractivity contribution in [3.8, 4) is 17.2 Å². The molecule has 0 saturated carbocycles. The second-order valence-electron chi connectivity index (χ2n) is 5.91. The van der Waals surface area contributed by atoms with Crippen LogP contribution in [-0.2, 0) is 9.59 Å². The van der Waals surface area contributed by atoms with Crippen LogP contribution in [0.15, 0.2) is 36.4 Å². The zero-order valence-electron chi connectivity index (χ0n) is 16.1. The number of hydroxylamine groups is 1. The summed E-state index contributed by atoms with van der Waals surface area (Å²) in [6, 6.07) is 7.55. The molecule has 1 atom stereocenters. The van der Waals surface area contributed by atoms with Gasteiger partial charge in [-0.2, -0.15) is 0 Å². The molecule has 11 nitrogen and oxygen atoms in total. The van der Waals surface area contributed by atoms with E-state index in [1.54, 1.807) is 5.48 Å². The predicted octanol–water partition coefficient (Wildman–Crippen LogP) is 1.71. The van der Waals surface area contributed by atoms with E-state index in [9.17, 15) is 14.7 Å². The Balaban J connectivity index is 2.47. The molecule has 0 aliphatic heterocycles. The molecule has 0 saturated heterocycles. The van der Waals surface area contributed by atoms with Gasteiger partial charge in [-0.3, -0.25) is 16.1 Å². The van der Waals surface area contributed by atoms with E-state index in [0.29, 0.717) is 11.3 Å². The van der Waals surface area contributed by atoms with Gasteiger partial charge in [0.25, 0.3) is 0 Å². The third kappa shape index (κ3) is 5.29. The number of anilines is 1. The molecule has 2 aromatic carbocycles. The highest BCUT2D eigenvalue weighted by Crippen LogP contribution is 2.40. The molecular formula is C19H21N3O8. The third-order valence-electron chi connectivity index (χ3n) is 4.01. The Morgan fingerprint density at radius 3 is 2.27 bits per heavy atom. The molecule has 0 heterocycles. The highest BCUT2D eigenvalue weighted by molar-refractivity contribution is 5.95. The average Bonchev–Trinajstić information content (AvgIpc) is 2.74. The number of methoxy groups -OCH3 is 2. The fraction of sp³-hybridized carbons (Fsp3) is 0.211. The summed E-state index contributed by atoms with van der Waals surface area (Å²) in [6.07, 6.45) is 0. The lowest BCUT2D eigenvalue weighted by Crippen LogP contribution is -2.23. The van der Waals surface area contributed by atoms with Gasteiger partial charge in [0.2, 0.25) is 0 Å². The Kier molecular flexibility index (Phi) is 7.42. The van der Waals surface area contributed by atoms with Crippen LogP contribution in [0, 0.1) is 5.41 Å². The maximum Gasteiger partial charge on any atom is 0.341 e. The highest BCUT2D eigenvalue weighted by Gasteiger charge is 2.28. The highest BCUT2D eigenvalue weighted by atomic mass is 16.5. The van der Waals surface area contributed by atoms with Crippen molar-refractivity contribution < 1.29 is 39.2 Å². The summed E-state index contributed by atoms with van der Waals surface area (Å²) >= 11 is 0. The first-order chi connectivity index (χ1) is 14.3. The largest absolute Gasteiger partial charge is 0.497 e. The zero-order chi connectivity index (χ0) is 22.3. The van der Waals surface area contributed by atoms with Crippen molar-refractivity contribution in [1.82, 2.24) is 5.48 Å². The number of carboxylic acids is 2. The first-order valence-corrected chi connectivity index (χ1v) is 8.49. The number of hydrogen-bond acceptors (Lipinski definition) is 8. The number of nitrogens with one attached hydrogen (secondary N) is 3. The van der Waals surface area contributed by atoms with E-state index in [0.717, 1.165) is 0 Å². The van der Waals surface area contributed by atoms with Gasteiger partial charge < -0.3 is 29.7 Å². The Hall–Kier alpha value is -3.99. The number of benzene rings is 2. The van der Waals surface area contributed by atoms with Crippen LogP contribution in [0.5, 0.6) is 17.2 Å². The van der Waals surface area contributed by atoms with Crippen LogP contribution in [0.25, 0.3) is 0 Å². The zero-order valence-corrected chi connectivity index (χ0v) is 16.1. The number of amidine groups is 1. The van der Waals surface area contributed by atoms with E-state index in [1.165, 1.54) is 50.6 Å². The van der Waals surface area contributed by atoms with Gasteiger partial charge in [0, 0.05) is 22.9 Å². The number of hydrogen-bond donors (Lipinski definition) is 6. The molecule has 0 aliphatic rings. The number of carbonyl (C=O) groups is 2. The minimum absolute atomic E-state index is 0.0523. The lowest BCUT2D eigenvalue weighted by Gasteiger charge is -2.22. The van der Waals surface area contributed by atoms with Crippen LogP contribution >= 0.6 is 0 Å². The average molecular weight is 419 g/mol. The van der Waals surface area contributed by atoms with Gasteiger partial charge in [-0.1, -0.05) is 0 Å². The molecule has 160 valence electrons. The molecule has 0 fully saturated rings. The molecule has 0 spiro atoms. The summed E-state index contributed by atoms with van der Waals surface area (Å²) in [5.74, 6) is -2.39. The van der Waals surface area contributed by atoms with Crippen LogP contribution < -0.4 is 25.0 Å². The standard InChI is InChI=1S/C19H21N3O8/c1-28-12-7-13(17(14(8-12)29-2)30-9-15(23)24)16(19(25)26)21-11-5-3-10(4-6-11)18(20)22-27/h3-8,16,21,27H,9H2,1-2H3,(H2,20,22)(H,23,24)(H,25,26). The van der Waals surface area contributed by atoms with Crippen LogP contribution in [-0.4, -0.2) is 54.0 Å². The molecule has 6 N–H and O–H groups in total. The summed E-state index contributed by atoms with van der Waals surface area (Å²) in [5.41, 5.74) is 2.58. The van der Waals surface area contributed by atoms with E-state index in [2.05, 4.69) is 5.32 Å². The number of ether oxygens (including phenoxy) is 3. The third-order valence-corrected chi connectivity index (χ3v) is 4.01. The summed E-state index contributed by atoms with van der Waals surface area (Å²) in [5, 5.41) is 37.9. The molecule has 0 radical (unpaired) electrons. The van der Waals surface area contributed by atoms with Crippen LogP contribution in [0.4, 0.5) is 5.69 Å². The molecule has 11 heteroatoms. The van der Waals surface area contributed by atoms with E-state index < -0.39 is 24.6 Å². The fourth-order valence-corrected chi connectivity index (χ4v) is 2.61. The van der Waals surface area contributed by atoms with Crippen LogP contribution in [0.1, 0.15) is 17.2 Å². The normalized spacial score (nSPS) is 11.2. The quantitative estimate of drug-likeness (QED) is 0.189. The molecule has 2 aromatic rings. The van der Waals surface area contributed by atoms with E-state index in [1.807, 2.05) is 0 Å². The predicted molar refractivity (Wildman–Crippen MR) is 105 cm³/mol. The Morgan fingerprint density at radius 1 is 1.10 bits per heavy atom. The molecule has 0 aliphatic carbocycles. The lowest BCUT2D eigenvalue weighted by atomic mass is 10.0. The number of aliphatic carboxylic acids is 2. The second kappa shape index (κ2) is 9.98. The maximum absolute atomic E-state index is 12.0. The van der Waals surface area contributed by atoms with Gasteiger partial charge in [0.15, 0.2) is 24.1 Å². The van der Waals surface area contributed by atoms with Gasteiger partial charge in [-0.25, -0.2) is 9.59 Å². The number of carboxylic acid groups (broad SMARTS) is 2. The van der Waals surface area contributed by atoms with E-state index in [4.69, 9.17) is 29.9 Å². The van der Waals surface area contributed by atoms with Gasteiger partial charge in [0.1, 0.15) is 11.6 Å². The summed E-state index contributed by atoms with van der Waals surface area (Å²) in [4.78, 5) is 23.0. The van der Waals surface area contributed by atoms with E-state index >= 15 is 0 Å². The fourth-order valence-electron chi connectivity index (χ4n) is 2.61. The topological polar surface area (TPSA) is 170 Å². The Bertz CT molecular complexity index is 930. The van der Waals surface area contributed by atoms with Crippen molar-refractivity contribution >= 4 is 23.5 Å². The van der Waals surface area contributed by atoms with Crippen molar-refractivity contribution in [2.24, 2.45) is 0 Å². The summed E-state index contributed by atoms with van der Waals surface area (Å²) in [6.45, 7) is -0.701. The van der Waals surface area contributed by atoms with Crippen molar-refractivity contribution in [1.29, 1.82) is 5.41 Å². The molecule has 0 aromatic heterocycles. The van der Waals surface area contributed by atoms with Crippen LogP contribution in [0.2, 0.25) is 0 Å². The van der Waals surface area contributed by atoms with Gasteiger partial charge >= 0.3 is 11.9 Å². The first-order valence-electron chi connectivity index (χ1n) is 8.49. The molecule has 2 rings (SSSR count). The lowest BCUT2D eigenvalue weighted by molar-refractivity contribution is -0.139. The molecule has 30 heavy (non-hydrogen) atoms. The molecule has 0 amide bonds. The van der Waals surface area contributed by atoms with Gasteiger partial charge in [0.05, 0.1) is 14.2 Å². The minimum atomic E-state index is -1.35.